The molecule has 0 fully saturated rings. The minimum atomic E-state index is -0.839. The van der Waals surface area contributed by atoms with E-state index in [4.69, 9.17) is 16.3 Å². The summed E-state index contributed by atoms with van der Waals surface area (Å²) in [5.41, 5.74) is 0.534. The van der Waals surface area contributed by atoms with Crippen molar-refractivity contribution >= 4 is 34.1 Å². The summed E-state index contributed by atoms with van der Waals surface area (Å²) in [5.74, 6) is 0.707. The number of benzene rings is 3. The van der Waals surface area contributed by atoms with Crippen molar-refractivity contribution in [3.8, 4) is 5.75 Å². The lowest BCUT2D eigenvalue weighted by Crippen LogP contribution is -2.45. The number of rotatable bonds is 7. The first kappa shape index (κ1) is 21.0. The van der Waals surface area contributed by atoms with Crippen LogP contribution in [0.4, 0.5) is 10.5 Å². The van der Waals surface area contributed by atoms with Crippen molar-refractivity contribution in [3.63, 3.8) is 0 Å². The quantitative estimate of drug-likeness (QED) is 0.562. The van der Waals surface area contributed by atoms with Crippen LogP contribution in [0, 0.1) is 0 Å². The second kappa shape index (κ2) is 9.63. The molecule has 0 saturated heterocycles. The molecule has 3 rings (SSSR count). The van der Waals surface area contributed by atoms with Crippen LogP contribution in [-0.4, -0.2) is 41.3 Å². The van der Waals surface area contributed by atoms with Crippen molar-refractivity contribution in [2.24, 2.45) is 0 Å². The van der Waals surface area contributed by atoms with Crippen LogP contribution in [-0.2, 0) is 0 Å². The molecule has 1 atom stereocenters. The standard InChI is InChI=1S/C23H25ClN2O3/c1-16(2)26(23(28)25-21-12-6-5-11-20(21)24)14-18(27)15-29-22-13-7-9-17-8-3-4-10-19(17)22/h3-13,16,18,27H,14-15H2,1-2H3,(H,25,28). The fraction of sp³-hybridized carbons (Fsp3) is 0.261. The maximum absolute atomic E-state index is 12.7. The van der Waals surface area contributed by atoms with E-state index >= 15 is 0 Å². The summed E-state index contributed by atoms with van der Waals surface area (Å²) < 4.78 is 5.85. The smallest absolute Gasteiger partial charge is 0.322 e. The highest BCUT2D eigenvalue weighted by Gasteiger charge is 2.21. The number of nitrogens with one attached hydrogen (secondary N) is 1. The molecule has 3 aromatic carbocycles. The van der Waals surface area contributed by atoms with E-state index in [0.717, 1.165) is 10.8 Å². The van der Waals surface area contributed by atoms with Crippen molar-refractivity contribution in [3.05, 3.63) is 71.8 Å². The monoisotopic (exact) mass is 412 g/mol. The summed E-state index contributed by atoms with van der Waals surface area (Å²) in [6, 6.07) is 20.3. The number of ether oxygens (including phenoxy) is 1. The number of carbonyl (C=O) groups excluding carboxylic acids is 1. The predicted molar refractivity (Wildman–Crippen MR) is 118 cm³/mol. The molecular formula is C23H25ClN2O3. The Kier molecular flexibility index (Phi) is 6.96. The summed E-state index contributed by atoms with van der Waals surface area (Å²) >= 11 is 6.12. The molecule has 6 heteroatoms. The molecule has 2 amide bonds. The third-order valence-corrected chi connectivity index (χ3v) is 4.92. The van der Waals surface area contributed by atoms with Gasteiger partial charge in [0.1, 0.15) is 18.5 Å². The average Bonchev–Trinajstić information content (AvgIpc) is 2.71. The summed E-state index contributed by atoms with van der Waals surface area (Å²) in [4.78, 5) is 14.3. The number of fused-ring (bicyclic) bond motifs is 1. The zero-order chi connectivity index (χ0) is 20.8. The third kappa shape index (κ3) is 5.40. The van der Waals surface area contributed by atoms with Crippen molar-refractivity contribution in [2.45, 2.75) is 26.0 Å². The number of hydrogen-bond donors (Lipinski definition) is 2. The van der Waals surface area contributed by atoms with Crippen molar-refractivity contribution in [1.29, 1.82) is 0 Å². The molecule has 0 aliphatic carbocycles. The number of halogens is 1. The van der Waals surface area contributed by atoms with Gasteiger partial charge < -0.3 is 20.1 Å². The number of anilines is 1. The molecule has 3 aromatic rings. The molecule has 0 bridgehead atoms. The lowest BCUT2D eigenvalue weighted by Gasteiger charge is -2.29. The molecule has 0 aromatic heterocycles. The van der Waals surface area contributed by atoms with Crippen LogP contribution >= 0.6 is 11.6 Å². The first-order chi connectivity index (χ1) is 14.0. The van der Waals surface area contributed by atoms with E-state index in [2.05, 4.69) is 5.32 Å². The number of amides is 2. The predicted octanol–water partition coefficient (Wildman–Crippen LogP) is 5.18. The Morgan fingerprint density at radius 2 is 1.76 bits per heavy atom. The maximum atomic E-state index is 12.7. The lowest BCUT2D eigenvalue weighted by atomic mass is 10.1. The molecule has 0 spiro atoms. The minimum absolute atomic E-state index is 0.0800. The summed E-state index contributed by atoms with van der Waals surface area (Å²) in [6.07, 6.45) is -0.839. The van der Waals surface area contributed by atoms with Gasteiger partial charge in [0.05, 0.1) is 17.3 Å². The van der Waals surface area contributed by atoms with Crippen molar-refractivity contribution < 1.29 is 14.6 Å². The largest absolute Gasteiger partial charge is 0.490 e. The molecular weight excluding hydrogens is 388 g/mol. The zero-order valence-electron chi connectivity index (χ0n) is 16.5. The number of nitrogens with zero attached hydrogens (tertiary/aromatic N) is 1. The average molecular weight is 413 g/mol. The van der Waals surface area contributed by atoms with E-state index < -0.39 is 6.10 Å². The Morgan fingerprint density at radius 3 is 2.52 bits per heavy atom. The molecule has 0 saturated carbocycles. The van der Waals surface area contributed by atoms with E-state index in [1.165, 1.54) is 0 Å². The zero-order valence-corrected chi connectivity index (χ0v) is 17.3. The Bertz CT molecular complexity index is 972. The Labute approximate surface area is 175 Å². The molecule has 5 nitrogen and oxygen atoms in total. The highest BCUT2D eigenvalue weighted by Crippen LogP contribution is 2.25. The fourth-order valence-electron chi connectivity index (χ4n) is 3.07. The van der Waals surface area contributed by atoms with Gasteiger partial charge in [-0.15, -0.1) is 0 Å². The number of para-hydroxylation sites is 1. The highest BCUT2D eigenvalue weighted by atomic mass is 35.5. The van der Waals surface area contributed by atoms with Gasteiger partial charge in [-0.05, 0) is 37.4 Å². The van der Waals surface area contributed by atoms with Gasteiger partial charge in [-0.25, -0.2) is 4.79 Å². The SMILES string of the molecule is CC(C)N(CC(O)COc1cccc2ccccc12)C(=O)Nc1ccccc1Cl. The van der Waals surface area contributed by atoms with Gasteiger partial charge in [0.2, 0.25) is 0 Å². The van der Waals surface area contributed by atoms with Crippen LogP contribution in [0.3, 0.4) is 0 Å². The maximum Gasteiger partial charge on any atom is 0.322 e. The van der Waals surface area contributed by atoms with Crippen LogP contribution in [0.5, 0.6) is 5.75 Å². The van der Waals surface area contributed by atoms with Crippen LogP contribution in [0.1, 0.15) is 13.8 Å². The van der Waals surface area contributed by atoms with Gasteiger partial charge in [0.15, 0.2) is 0 Å². The number of urea groups is 1. The topological polar surface area (TPSA) is 61.8 Å². The van der Waals surface area contributed by atoms with Crippen LogP contribution in [0.25, 0.3) is 10.8 Å². The van der Waals surface area contributed by atoms with Crippen molar-refractivity contribution in [1.82, 2.24) is 4.90 Å². The first-order valence-electron chi connectivity index (χ1n) is 9.56. The molecule has 29 heavy (non-hydrogen) atoms. The van der Waals surface area contributed by atoms with Crippen molar-refractivity contribution in [2.75, 3.05) is 18.5 Å². The molecule has 0 radical (unpaired) electrons. The second-order valence-electron chi connectivity index (χ2n) is 7.10. The van der Waals surface area contributed by atoms with Gasteiger partial charge in [0.25, 0.3) is 0 Å². The minimum Gasteiger partial charge on any atom is -0.490 e. The third-order valence-electron chi connectivity index (χ3n) is 4.59. The van der Waals surface area contributed by atoms with E-state index in [0.29, 0.717) is 16.5 Å². The molecule has 0 aliphatic rings. The first-order valence-corrected chi connectivity index (χ1v) is 9.94. The van der Waals surface area contributed by atoms with Gasteiger partial charge >= 0.3 is 6.03 Å². The summed E-state index contributed by atoms with van der Waals surface area (Å²) in [6.45, 7) is 4.00. The summed E-state index contributed by atoms with van der Waals surface area (Å²) in [7, 11) is 0. The fourth-order valence-corrected chi connectivity index (χ4v) is 3.25. The molecule has 1 unspecified atom stereocenters. The lowest BCUT2D eigenvalue weighted by molar-refractivity contribution is 0.0722. The van der Waals surface area contributed by atoms with E-state index in [1.54, 1.807) is 29.2 Å². The van der Waals surface area contributed by atoms with Crippen LogP contribution in [0.2, 0.25) is 5.02 Å². The number of aliphatic hydroxyl groups excluding tert-OH is 1. The second-order valence-corrected chi connectivity index (χ2v) is 7.51. The van der Waals surface area contributed by atoms with E-state index in [-0.39, 0.29) is 25.2 Å². The van der Waals surface area contributed by atoms with Gasteiger partial charge in [-0.1, -0.05) is 60.1 Å². The van der Waals surface area contributed by atoms with Gasteiger partial charge in [-0.2, -0.15) is 0 Å². The van der Waals surface area contributed by atoms with Gasteiger partial charge in [0, 0.05) is 11.4 Å². The molecule has 152 valence electrons. The van der Waals surface area contributed by atoms with Crippen LogP contribution < -0.4 is 10.1 Å². The Morgan fingerprint density at radius 1 is 1.07 bits per heavy atom. The number of aliphatic hydroxyl groups is 1. The van der Waals surface area contributed by atoms with Gasteiger partial charge in [-0.3, -0.25) is 0 Å². The highest BCUT2D eigenvalue weighted by molar-refractivity contribution is 6.33. The van der Waals surface area contributed by atoms with Crippen LogP contribution in [0.15, 0.2) is 66.7 Å². The van der Waals surface area contributed by atoms with E-state index in [9.17, 15) is 9.90 Å². The molecule has 2 N–H and O–H groups in total. The molecule has 0 aliphatic heterocycles. The Hall–Kier alpha value is -2.76. The number of carbonyl (C=O) groups is 1. The molecule has 0 heterocycles. The Balaban J connectivity index is 1.62. The normalized spacial score (nSPS) is 12.0. The van der Waals surface area contributed by atoms with E-state index in [1.807, 2.05) is 56.3 Å². The number of hydrogen-bond acceptors (Lipinski definition) is 3. The summed E-state index contributed by atoms with van der Waals surface area (Å²) in [5, 5.41) is 15.8.